The number of fused-ring (bicyclic) bond motifs is 1. The van der Waals surface area contributed by atoms with Crippen LogP contribution in [0.25, 0.3) is 11.1 Å². The number of carbonyl (C=O) groups excluding carboxylic acids is 1. The van der Waals surface area contributed by atoms with E-state index in [0.717, 1.165) is 22.3 Å². The fourth-order valence-corrected chi connectivity index (χ4v) is 4.05. The zero-order valence-corrected chi connectivity index (χ0v) is 17.9. The van der Waals surface area contributed by atoms with E-state index < -0.39 is 5.82 Å². The van der Waals surface area contributed by atoms with Crippen molar-refractivity contribution in [1.29, 1.82) is 0 Å². The Morgan fingerprint density at radius 1 is 1.03 bits per heavy atom. The van der Waals surface area contributed by atoms with Gasteiger partial charge in [-0.05, 0) is 41.3 Å². The molecule has 5 nitrogen and oxygen atoms in total. The third kappa shape index (κ3) is 3.64. The van der Waals surface area contributed by atoms with E-state index in [-0.39, 0.29) is 11.7 Å². The van der Waals surface area contributed by atoms with Gasteiger partial charge in [0.05, 0.1) is 11.8 Å². The quantitative estimate of drug-likeness (QED) is 0.424. The molecular formula is C26H22FN3O2. The molecular weight excluding hydrogens is 405 g/mol. The summed E-state index contributed by atoms with van der Waals surface area (Å²) in [6, 6.07) is 18.4. The van der Waals surface area contributed by atoms with Crippen LogP contribution < -0.4 is 4.74 Å². The normalized spacial score (nSPS) is 12.8. The van der Waals surface area contributed by atoms with Gasteiger partial charge in [-0.25, -0.2) is 4.39 Å². The third-order valence-corrected chi connectivity index (χ3v) is 5.72. The minimum Gasteiger partial charge on any atom is -0.453 e. The number of aromatic nitrogens is 2. The maximum Gasteiger partial charge on any atom is 0.258 e. The topological polar surface area (TPSA) is 47.4 Å². The minimum absolute atomic E-state index is 0.110. The molecule has 2 heterocycles. The highest BCUT2D eigenvalue weighted by molar-refractivity contribution is 6.01. The van der Waals surface area contributed by atoms with E-state index in [0.29, 0.717) is 30.0 Å². The standard InChI is InChI=1S/C26H22FN3O2/c1-17-5-3-7-22(27)25(17)32-23-8-4-6-20-16-30(26(31)24(20)23)14-18-9-11-19(12-10-18)21-13-28-29(2)15-21/h3-13,15H,14,16H2,1-2H3. The number of amides is 1. The van der Waals surface area contributed by atoms with Crippen molar-refractivity contribution in [2.24, 2.45) is 7.05 Å². The van der Waals surface area contributed by atoms with Crippen molar-refractivity contribution in [3.63, 3.8) is 0 Å². The summed E-state index contributed by atoms with van der Waals surface area (Å²) in [5, 5.41) is 4.21. The van der Waals surface area contributed by atoms with E-state index >= 15 is 0 Å². The van der Waals surface area contributed by atoms with E-state index in [1.807, 2.05) is 55.8 Å². The molecule has 1 amide bonds. The first-order chi connectivity index (χ1) is 15.5. The maximum absolute atomic E-state index is 14.3. The molecule has 0 unspecified atom stereocenters. The van der Waals surface area contributed by atoms with Gasteiger partial charge in [0.2, 0.25) is 0 Å². The second-order valence-electron chi connectivity index (χ2n) is 8.04. The minimum atomic E-state index is -0.446. The Hall–Kier alpha value is -3.93. The number of benzene rings is 3. The number of ether oxygens (including phenoxy) is 1. The number of para-hydroxylation sites is 1. The summed E-state index contributed by atoms with van der Waals surface area (Å²) in [4.78, 5) is 15.0. The van der Waals surface area contributed by atoms with Crippen LogP contribution in [0, 0.1) is 12.7 Å². The van der Waals surface area contributed by atoms with Crippen molar-refractivity contribution in [2.45, 2.75) is 20.0 Å². The van der Waals surface area contributed by atoms with Crippen LogP contribution in [0.5, 0.6) is 11.5 Å². The highest BCUT2D eigenvalue weighted by Gasteiger charge is 2.31. The molecule has 0 radical (unpaired) electrons. The van der Waals surface area contributed by atoms with Crippen molar-refractivity contribution in [1.82, 2.24) is 14.7 Å². The van der Waals surface area contributed by atoms with Crippen LogP contribution in [-0.4, -0.2) is 20.6 Å². The monoisotopic (exact) mass is 427 g/mol. The number of carbonyl (C=O) groups is 1. The molecule has 0 aliphatic carbocycles. The molecule has 32 heavy (non-hydrogen) atoms. The van der Waals surface area contributed by atoms with Gasteiger partial charge in [0.15, 0.2) is 11.6 Å². The molecule has 1 aromatic heterocycles. The summed E-state index contributed by atoms with van der Waals surface area (Å²) in [7, 11) is 1.89. The fraction of sp³-hybridized carbons (Fsp3) is 0.154. The second kappa shape index (κ2) is 7.96. The van der Waals surface area contributed by atoms with Gasteiger partial charge in [-0.15, -0.1) is 0 Å². The average Bonchev–Trinajstić information content (AvgIpc) is 3.35. The van der Waals surface area contributed by atoms with Gasteiger partial charge in [-0.1, -0.05) is 48.5 Å². The Labute approximate surface area is 185 Å². The van der Waals surface area contributed by atoms with Crippen LogP contribution in [0.2, 0.25) is 0 Å². The van der Waals surface area contributed by atoms with Crippen molar-refractivity contribution >= 4 is 5.91 Å². The lowest BCUT2D eigenvalue weighted by Crippen LogP contribution is -2.23. The van der Waals surface area contributed by atoms with E-state index in [9.17, 15) is 9.18 Å². The molecule has 3 aromatic carbocycles. The van der Waals surface area contributed by atoms with E-state index in [4.69, 9.17) is 4.74 Å². The Bertz CT molecular complexity index is 1290. The molecule has 1 aliphatic heterocycles. The van der Waals surface area contributed by atoms with Gasteiger partial charge in [-0.3, -0.25) is 9.48 Å². The summed E-state index contributed by atoms with van der Waals surface area (Å²) in [6.07, 6.45) is 3.79. The van der Waals surface area contributed by atoms with E-state index in [1.165, 1.54) is 6.07 Å². The fourth-order valence-electron chi connectivity index (χ4n) is 4.05. The average molecular weight is 427 g/mol. The van der Waals surface area contributed by atoms with Crippen molar-refractivity contribution < 1.29 is 13.9 Å². The predicted molar refractivity (Wildman–Crippen MR) is 120 cm³/mol. The van der Waals surface area contributed by atoms with Gasteiger partial charge in [0.25, 0.3) is 5.91 Å². The van der Waals surface area contributed by atoms with Crippen LogP contribution in [0.1, 0.15) is 27.0 Å². The molecule has 0 saturated heterocycles. The number of halogens is 1. The molecule has 0 bridgehead atoms. The number of rotatable bonds is 5. The molecule has 1 aliphatic rings. The number of hydrogen-bond donors (Lipinski definition) is 0. The van der Waals surface area contributed by atoms with Gasteiger partial charge in [0.1, 0.15) is 5.75 Å². The Balaban J connectivity index is 1.36. The lowest BCUT2D eigenvalue weighted by Gasteiger charge is -2.16. The predicted octanol–water partition coefficient (Wildman–Crippen LogP) is 5.48. The molecule has 5 rings (SSSR count). The zero-order valence-electron chi connectivity index (χ0n) is 17.9. The largest absolute Gasteiger partial charge is 0.453 e. The Kier molecular flexibility index (Phi) is 4.98. The van der Waals surface area contributed by atoms with Gasteiger partial charge >= 0.3 is 0 Å². The highest BCUT2D eigenvalue weighted by Crippen LogP contribution is 2.36. The second-order valence-corrected chi connectivity index (χ2v) is 8.04. The molecule has 160 valence electrons. The molecule has 4 aromatic rings. The maximum atomic E-state index is 14.3. The van der Waals surface area contributed by atoms with E-state index in [1.54, 1.807) is 34.7 Å². The summed E-state index contributed by atoms with van der Waals surface area (Å²) >= 11 is 0. The van der Waals surface area contributed by atoms with Crippen LogP contribution in [0.4, 0.5) is 4.39 Å². The summed E-state index contributed by atoms with van der Waals surface area (Å²) in [6.45, 7) is 2.76. The third-order valence-electron chi connectivity index (χ3n) is 5.72. The SMILES string of the molecule is Cc1cccc(F)c1Oc1cccc2c1C(=O)N(Cc1ccc(-c3cnn(C)c3)cc1)C2. The number of hydrogen-bond acceptors (Lipinski definition) is 3. The molecule has 0 spiro atoms. The van der Waals surface area contributed by atoms with Crippen molar-refractivity contribution in [3.8, 4) is 22.6 Å². The lowest BCUT2D eigenvalue weighted by molar-refractivity contribution is 0.0764. The molecule has 0 saturated carbocycles. The number of nitrogens with zero attached hydrogens (tertiary/aromatic N) is 3. The van der Waals surface area contributed by atoms with Crippen LogP contribution in [-0.2, 0) is 20.1 Å². The first-order valence-electron chi connectivity index (χ1n) is 10.4. The van der Waals surface area contributed by atoms with Crippen molar-refractivity contribution in [2.75, 3.05) is 0 Å². The van der Waals surface area contributed by atoms with Crippen LogP contribution >= 0.6 is 0 Å². The van der Waals surface area contributed by atoms with Crippen LogP contribution in [0.3, 0.4) is 0 Å². The molecule has 0 atom stereocenters. The lowest BCUT2D eigenvalue weighted by atomic mass is 10.1. The molecule has 0 fully saturated rings. The zero-order chi connectivity index (χ0) is 22.2. The first kappa shape index (κ1) is 20.0. The van der Waals surface area contributed by atoms with Gasteiger partial charge < -0.3 is 9.64 Å². The van der Waals surface area contributed by atoms with E-state index in [2.05, 4.69) is 5.10 Å². The number of aryl methyl sites for hydroxylation is 2. The Morgan fingerprint density at radius 3 is 2.53 bits per heavy atom. The molecule has 0 N–H and O–H groups in total. The first-order valence-corrected chi connectivity index (χ1v) is 10.4. The van der Waals surface area contributed by atoms with Gasteiger partial charge in [-0.2, -0.15) is 5.10 Å². The Morgan fingerprint density at radius 2 is 1.81 bits per heavy atom. The summed E-state index contributed by atoms with van der Waals surface area (Å²) in [5.41, 5.74) is 5.23. The smallest absolute Gasteiger partial charge is 0.258 e. The van der Waals surface area contributed by atoms with Crippen molar-refractivity contribution in [3.05, 3.63) is 101 Å². The molecule has 6 heteroatoms. The summed E-state index contributed by atoms with van der Waals surface area (Å²) < 4.78 is 21.9. The highest BCUT2D eigenvalue weighted by atomic mass is 19.1. The van der Waals surface area contributed by atoms with Gasteiger partial charge in [0, 0.05) is 31.9 Å². The van der Waals surface area contributed by atoms with Crippen LogP contribution in [0.15, 0.2) is 73.1 Å². The summed E-state index contributed by atoms with van der Waals surface area (Å²) in [5.74, 6) is -0.0206.